The Morgan fingerprint density at radius 3 is 2.91 bits per heavy atom. The third-order valence-electron chi connectivity index (χ3n) is 3.10. The maximum atomic E-state index is 12.3. The molecule has 0 saturated carbocycles. The van der Waals surface area contributed by atoms with Crippen LogP contribution >= 0.6 is 23.5 Å². The first-order chi connectivity index (χ1) is 10.7. The molecule has 1 aromatic carbocycles. The van der Waals surface area contributed by atoms with E-state index in [2.05, 4.69) is 4.99 Å². The van der Waals surface area contributed by atoms with E-state index in [1.165, 1.54) is 11.8 Å². The van der Waals surface area contributed by atoms with Crippen molar-refractivity contribution in [1.29, 1.82) is 0 Å². The fraction of sp³-hybridized carbons (Fsp3) is 0.125. The Hall–Kier alpha value is -1.92. The van der Waals surface area contributed by atoms with E-state index in [-0.39, 0.29) is 5.91 Å². The Labute approximate surface area is 137 Å². The van der Waals surface area contributed by atoms with Gasteiger partial charge in [-0.1, -0.05) is 6.07 Å². The monoisotopic (exact) mass is 330 g/mol. The van der Waals surface area contributed by atoms with Gasteiger partial charge in [-0.2, -0.15) is 0 Å². The Bertz CT molecular complexity index is 751. The molecule has 0 N–H and O–H groups in total. The number of rotatable bonds is 3. The second-order valence-electron chi connectivity index (χ2n) is 4.59. The van der Waals surface area contributed by atoms with Crippen molar-refractivity contribution in [1.82, 2.24) is 4.90 Å². The van der Waals surface area contributed by atoms with E-state index in [0.29, 0.717) is 15.8 Å². The van der Waals surface area contributed by atoms with Crippen LogP contribution in [0.5, 0.6) is 0 Å². The largest absolute Gasteiger partial charge is 0.465 e. The third kappa shape index (κ3) is 3.13. The highest BCUT2D eigenvalue weighted by Gasteiger charge is 2.30. The topological polar surface area (TPSA) is 45.8 Å². The number of amides is 1. The van der Waals surface area contributed by atoms with Gasteiger partial charge in [-0.3, -0.25) is 9.69 Å². The van der Waals surface area contributed by atoms with Gasteiger partial charge in [0.25, 0.3) is 5.91 Å². The second kappa shape index (κ2) is 6.46. The zero-order valence-electron chi connectivity index (χ0n) is 12.1. The maximum absolute atomic E-state index is 12.3. The van der Waals surface area contributed by atoms with Crippen LogP contribution in [0.1, 0.15) is 5.76 Å². The summed E-state index contributed by atoms with van der Waals surface area (Å²) >= 11 is 3.02. The minimum absolute atomic E-state index is 0.0684. The molecule has 6 heteroatoms. The van der Waals surface area contributed by atoms with Crippen LogP contribution in [0.25, 0.3) is 6.08 Å². The van der Waals surface area contributed by atoms with Gasteiger partial charge in [0.1, 0.15) is 5.76 Å². The molecular weight excluding hydrogens is 316 g/mol. The van der Waals surface area contributed by atoms with E-state index in [9.17, 15) is 4.79 Å². The lowest BCUT2D eigenvalue weighted by Gasteiger charge is -2.07. The third-order valence-corrected chi connectivity index (χ3v) is 4.88. The van der Waals surface area contributed by atoms with E-state index in [0.717, 1.165) is 10.6 Å². The van der Waals surface area contributed by atoms with Gasteiger partial charge in [0.05, 0.1) is 16.9 Å². The van der Waals surface area contributed by atoms with Crippen LogP contribution in [-0.2, 0) is 4.79 Å². The zero-order valence-corrected chi connectivity index (χ0v) is 13.8. The van der Waals surface area contributed by atoms with Crippen LogP contribution in [0.2, 0.25) is 0 Å². The van der Waals surface area contributed by atoms with Crippen molar-refractivity contribution in [3.8, 4) is 0 Å². The van der Waals surface area contributed by atoms with Gasteiger partial charge in [0.2, 0.25) is 0 Å². The highest BCUT2D eigenvalue weighted by molar-refractivity contribution is 8.18. The summed E-state index contributed by atoms with van der Waals surface area (Å²) in [7, 11) is 1.73. The molecule has 2 aromatic rings. The number of likely N-dealkylation sites (N-methyl/N-ethyl adjacent to an activating group) is 1. The van der Waals surface area contributed by atoms with Gasteiger partial charge in [-0.05, 0) is 48.3 Å². The molecule has 2 heterocycles. The lowest BCUT2D eigenvalue weighted by molar-refractivity contribution is -0.121. The smallest absolute Gasteiger partial charge is 0.266 e. The maximum Gasteiger partial charge on any atom is 0.266 e. The quantitative estimate of drug-likeness (QED) is 0.624. The summed E-state index contributed by atoms with van der Waals surface area (Å²) in [6, 6.07) is 11.5. The lowest BCUT2D eigenvalue weighted by Crippen LogP contribution is -2.23. The number of benzene rings is 1. The Morgan fingerprint density at radius 2 is 2.18 bits per heavy atom. The number of carbonyl (C=O) groups is 1. The SMILES string of the molecule is CSc1cccc(N=C2S/C(=C/c3ccco3)C(=O)N2C)c1. The average Bonchev–Trinajstić information content (AvgIpc) is 3.13. The molecule has 1 aliphatic rings. The molecule has 22 heavy (non-hydrogen) atoms. The summed E-state index contributed by atoms with van der Waals surface area (Å²) in [4.78, 5) is 20.2. The molecule has 0 radical (unpaired) electrons. The molecule has 112 valence electrons. The number of carbonyl (C=O) groups excluding carboxylic acids is 1. The van der Waals surface area contributed by atoms with E-state index in [1.54, 1.807) is 42.1 Å². The fourth-order valence-corrected chi connectivity index (χ4v) is 3.36. The number of furan rings is 1. The van der Waals surface area contributed by atoms with Crippen LogP contribution in [0.15, 0.2) is 61.9 Å². The first-order valence-corrected chi connectivity index (χ1v) is 8.65. The number of amidine groups is 1. The van der Waals surface area contributed by atoms with Crippen molar-refractivity contribution in [2.24, 2.45) is 4.99 Å². The molecule has 1 aromatic heterocycles. The van der Waals surface area contributed by atoms with Crippen LogP contribution in [-0.4, -0.2) is 29.3 Å². The molecule has 0 spiro atoms. The second-order valence-corrected chi connectivity index (χ2v) is 6.47. The average molecular weight is 330 g/mol. The van der Waals surface area contributed by atoms with Crippen molar-refractivity contribution in [2.45, 2.75) is 4.90 Å². The summed E-state index contributed by atoms with van der Waals surface area (Å²) in [6.45, 7) is 0. The van der Waals surface area contributed by atoms with E-state index < -0.39 is 0 Å². The first-order valence-electron chi connectivity index (χ1n) is 6.61. The number of aliphatic imine (C=N–C) groups is 1. The van der Waals surface area contributed by atoms with Crippen LogP contribution < -0.4 is 0 Å². The van der Waals surface area contributed by atoms with Crippen molar-refractivity contribution in [3.63, 3.8) is 0 Å². The molecule has 1 amide bonds. The van der Waals surface area contributed by atoms with E-state index in [1.807, 2.05) is 36.6 Å². The number of hydrogen-bond acceptors (Lipinski definition) is 5. The molecule has 1 aliphatic heterocycles. The van der Waals surface area contributed by atoms with E-state index >= 15 is 0 Å². The fourth-order valence-electron chi connectivity index (χ4n) is 1.94. The molecule has 0 unspecified atom stereocenters. The summed E-state index contributed by atoms with van der Waals surface area (Å²) in [5.41, 5.74) is 0.841. The van der Waals surface area contributed by atoms with Gasteiger partial charge in [0.15, 0.2) is 5.17 Å². The normalized spacial score (nSPS) is 18.6. The van der Waals surface area contributed by atoms with Gasteiger partial charge < -0.3 is 4.42 Å². The number of thioether (sulfide) groups is 2. The Morgan fingerprint density at radius 1 is 1.32 bits per heavy atom. The molecule has 0 aliphatic carbocycles. The summed E-state index contributed by atoms with van der Waals surface area (Å²) in [5, 5.41) is 0.668. The highest BCUT2D eigenvalue weighted by atomic mass is 32.2. The molecule has 1 saturated heterocycles. The Kier molecular flexibility index (Phi) is 4.40. The zero-order chi connectivity index (χ0) is 15.5. The summed E-state index contributed by atoms with van der Waals surface area (Å²) in [5.74, 6) is 0.594. The highest BCUT2D eigenvalue weighted by Crippen LogP contribution is 2.33. The first kappa shape index (κ1) is 15.0. The molecule has 0 bridgehead atoms. The molecule has 1 fully saturated rings. The lowest BCUT2D eigenvalue weighted by atomic mass is 10.3. The molecule has 4 nitrogen and oxygen atoms in total. The summed E-state index contributed by atoms with van der Waals surface area (Å²) < 4.78 is 5.26. The minimum Gasteiger partial charge on any atom is -0.465 e. The van der Waals surface area contributed by atoms with Crippen LogP contribution in [0.3, 0.4) is 0 Å². The van der Waals surface area contributed by atoms with Gasteiger partial charge in [0, 0.05) is 18.0 Å². The molecule has 3 rings (SSSR count). The predicted octanol–water partition coefficient (Wildman–Crippen LogP) is 4.24. The van der Waals surface area contributed by atoms with E-state index in [4.69, 9.17) is 4.42 Å². The van der Waals surface area contributed by atoms with Crippen molar-refractivity contribution in [2.75, 3.05) is 13.3 Å². The van der Waals surface area contributed by atoms with Gasteiger partial charge in [-0.15, -0.1) is 11.8 Å². The summed E-state index contributed by atoms with van der Waals surface area (Å²) in [6.07, 6.45) is 5.35. The number of nitrogens with zero attached hydrogens (tertiary/aromatic N) is 2. The Balaban J connectivity index is 1.89. The number of hydrogen-bond donors (Lipinski definition) is 0. The van der Waals surface area contributed by atoms with Crippen molar-refractivity contribution < 1.29 is 9.21 Å². The molecule has 0 atom stereocenters. The minimum atomic E-state index is -0.0684. The molecular formula is C16H14N2O2S2. The predicted molar refractivity (Wildman–Crippen MR) is 92.4 cm³/mol. The van der Waals surface area contributed by atoms with Crippen LogP contribution in [0, 0.1) is 0 Å². The van der Waals surface area contributed by atoms with Gasteiger partial charge >= 0.3 is 0 Å². The van der Waals surface area contributed by atoms with Gasteiger partial charge in [-0.25, -0.2) is 4.99 Å². The van der Waals surface area contributed by atoms with Crippen LogP contribution in [0.4, 0.5) is 5.69 Å². The standard InChI is InChI=1S/C16H14N2O2S2/c1-18-15(19)14(10-12-6-4-8-20-12)22-16(18)17-11-5-3-7-13(9-11)21-2/h3-10H,1-2H3/b14-10+,17-16?. The van der Waals surface area contributed by atoms with Crippen molar-refractivity contribution >= 4 is 46.4 Å². The van der Waals surface area contributed by atoms with Crippen molar-refractivity contribution in [3.05, 3.63) is 53.3 Å².